The molecule has 0 saturated heterocycles. The van der Waals surface area contributed by atoms with Crippen molar-refractivity contribution in [3.63, 3.8) is 0 Å². The SMILES string of the molecule is C=CCOC(N)=O.OP(O)(O)=S.OP(O)(O)=S. The van der Waals surface area contributed by atoms with Gasteiger partial charge in [0.05, 0.1) is 0 Å². The van der Waals surface area contributed by atoms with E-state index in [1.807, 2.05) is 0 Å². The molecule has 0 radical (unpaired) electrons. The molecule has 13 heteroatoms. The monoisotopic (exact) mass is 329 g/mol. The maximum Gasteiger partial charge on any atom is 0.404 e. The molecule has 0 aromatic heterocycles. The molecular formula is C4H13NO8P2S2. The molecule has 0 fully saturated rings. The van der Waals surface area contributed by atoms with E-state index in [0.717, 1.165) is 0 Å². The summed E-state index contributed by atoms with van der Waals surface area (Å²) in [4.78, 5) is 55.1. The van der Waals surface area contributed by atoms with Crippen molar-refractivity contribution >= 4 is 43.1 Å². The molecule has 0 spiro atoms. The first-order chi connectivity index (χ1) is 7.27. The van der Waals surface area contributed by atoms with Gasteiger partial charge in [-0.05, 0) is 23.6 Å². The van der Waals surface area contributed by atoms with Gasteiger partial charge >= 0.3 is 19.5 Å². The molecule has 0 bridgehead atoms. The molecule has 0 atom stereocenters. The van der Waals surface area contributed by atoms with Crippen LogP contribution in [-0.2, 0) is 28.4 Å². The van der Waals surface area contributed by atoms with Gasteiger partial charge in [-0.3, -0.25) is 0 Å². The zero-order valence-electron chi connectivity index (χ0n) is 8.28. The lowest BCUT2D eigenvalue weighted by atomic mass is 10.7. The molecule has 0 heterocycles. The minimum atomic E-state index is -3.81. The van der Waals surface area contributed by atoms with Gasteiger partial charge in [-0.25, -0.2) is 4.79 Å². The van der Waals surface area contributed by atoms with E-state index < -0.39 is 19.5 Å². The van der Waals surface area contributed by atoms with E-state index in [9.17, 15) is 4.79 Å². The van der Waals surface area contributed by atoms with E-state index in [0.29, 0.717) is 0 Å². The van der Waals surface area contributed by atoms with Crippen LogP contribution in [0.25, 0.3) is 0 Å². The lowest BCUT2D eigenvalue weighted by Gasteiger charge is -1.90. The Balaban J connectivity index is -0.000000177. The highest BCUT2D eigenvalue weighted by molar-refractivity contribution is 8.06. The van der Waals surface area contributed by atoms with Gasteiger partial charge < -0.3 is 39.8 Å². The van der Waals surface area contributed by atoms with Crippen molar-refractivity contribution in [1.82, 2.24) is 0 Å². The molecule has 17 heavy (non-hydrogen) atoms. The number of rotatable bonds is 2. The standard InChI is InChI=1S/C4H7NO2.2H3O3PS/c1-2-3-7-4(5)6;2*1-4(2,3)5/h2H,1,3H2,(H2,5,6);2*(H3,1,2,3,5). The molecule has 0 rings (SSSR count). The van der Waals surface area contributed by atoms with Gasteiger partial charge in [0, 0.05) is 0 Å². The number of carbonyl (C=O) groups excluding carboxylic acids is 1. The van der Waals surface area contributed by atoms with Gasteiger partial charge in [0.25, 0.3) is 0 Å². The highest BCUT2D eigenvalue weighted by atomic mass is 32.5. The molecule has 8 N–H and O–H groups in total. The molecule has 1 amide bonds. The summed E-state index contributed by atoms with van der Waals surface area (Å²) in [7, 11) is 0. The van der Waals surface area contributed by atoms with Crippen LogP contribution in [0.1, 0.15) is 0 Å². The Morgan fingerprint density at radius 2 is 1.41 bits per heavy atom. The Bertz CT molecular complexity index is 274. The highest BCUT2D eigenvalue weighted by Gasteiger charge is 1.92. The third-order valence-corrected chi connectivity index (χ3v) is 0.343. The number of carbonyl (C=O) groups is 1. The van der Waals surface area contributed by atoms with Crippen LogP contribution in [0.3, 0.4) is 0 Å². The third kappa shape index (κ3) is 192. The van der Waals surface area contributed by atoms with Crippen LogP contribution < -0.4 is 5.73 Å². The van der Waals surface area contributed by atoms with Crippen LogP contribution in [-0.4, -0.2) is 42.1 Å². The van der Waals surface area contributed by atoms with Crippen molar-refractivity contribution in [2.75, 3.05) is 6.61 Å². The smallest absolute Gasteiger partial charge is 0.404 e. The maximum absolute atomic E-state index is 9.71. The summed E-state index contributed by atoms with van der Waals surface area (Å²) in [5, 5.41) is 0. The van der Waals surface area contributed by atoms with Crippen LogP contribution in [0, 0.1) is 0 Å². The van der Waals surface area contributed by atoms with Crippen molar-refractivity contribution in [2.45, 2.75) is 0 Å². The van der Waals surface area contributed by atoms with Crippen molar-refractivity contribution in [3.05, 3.63) is 12.7 Å². The number of primary amides is 1. The van der Waals surface area contributed by atoms with E-state index in [1.54, 1.807) is 0 Å². The number of nitrogens with two attached hydrogens (primary N) is 1. The fraction of sp³-hybridized carbons (Fsp3) is 0.250. The normalized spacial score (nSPS) is 10.0. The second kappa shape index (κ2) is 11.2. The first-order valence-corrected chi connectivity index (χ1v) is 8.69. The van der Waals surface area contributed by atoms with Gasteiger partial charge in [0.15, 0.2) is 0 Å². The summed E-state index contributed by atoms with van der Waals surface area (Å²) >= 11 is 7.21. The van der Waals surface area contributed by atoms with Crippen molar-refractivity contribution in [2.24, 2.45) is 5.73 Å². The molecular weight excluding hydrogens is 316 g/mol. The number of ether oxygens (including phenoxy) is 1. The lowest BCUT2D eigenvalue weighted by Crippen LogP contribution is -2.12. The van der Waals surface area contributed by atoms with Crippen LogP contribution >= 0.6 is 13.4 Å². The Morgan fingerprint density at radius 3 is 1.47 bits per heavy atom. The fourth-order valence-electron chi connectivity index (χ4n) is 0.141. The van der Waals surface area contributed by atoms with E-state index in [2.05, 4.69) is 40.7 Å². The summed E-state index contributed by atoms with van der Waals surface area (Å²) in [6.07, 6.45) is 0.685. The average molecular weight is 329 g/mol. The molecule has 9 nitrogen and oxygen atoms in total. The van der Waals surface area contributed by atoms with Gasteiger partial charge in [0.2, 0.25) is 0 Å². The number of hydrogen-bond donors (Lipinski definition) is 7. The van der Waals surface area contributed by atoms with Crippen LogP contribution in [0.4, 0.5) is 4.79 Å². The molecule has 0 saturated carbocycles. The van der Waals surface area contributed by atoms with Crippen LogP contribution in [0.15, 0.2) is 12.7 Å². The second-order valence-electron chi connectivity index (χ2n) is 1.95. The van der Waals surface area contributed by atoms with Gasteiger partial charge in [-0.2, -0.15) is 0 Å². The van der Waals surface area contributed by atoms with Gasteiger partial charge in [-0.1, -0.05) is 12.7 Å². The topological polar surface area (TPSA) is 174 Å². The Labute approximate surface area is 107 Å². The fourth-order valence-corrected chi connectivity index (χ4v) is 0.141. The van der Waals surface area contributed by atoms with E-state index in [4.69, 9.17) is 29.4 Å². The van der Waals surface area contributed by atoms with Crippen LogP contribution in [0.2, 0.25) is 0 Å². The predicted molar refractivity (Wildman–Crippen MR) is 67.6 cm³/mol. The summed E-state index contributed by atoms with van der Waals surface area (Å²) in [6, 6.07) is 0. The molecule has 0 aromatic carbocycles. The molecule has 0 aliphatic heterocycles. The van der Waals surface area contributed by atoms with Crippen molar-refractivity contribution in [1.29, 1.82) is 0 Å². The quantitative estimate of drug-likeness (QED) is 0.237. The summed E-state index contributed by atoms with van der Waals surface area (Å²) in [6.45, 7) is -4.12. The predicted octanol–water partition coefficient (Wildman–Crippen LogP) is -1.36. The molecule has 0 aliphatic rings. The van der Waals surface area contributed by atoms with E-state index in [1.165, 1.54) is 6.08 Å². The summed E-state index contributed by atoms with van der Waals surface area (Å²) in [5.74, 6) is 0. The molecule has 104 valence electrons. The lowest BCUT2D eigenvalue weighted by molar-refractivity contribution is 0.169. The second-order valence-corrected chi connectivity index (χ2v) is 6.94. The van der Waals surface area contributed by atoms with Crippen molar-refractivity contribution in [3.8, 4) is 0 Å². The minimum Gasteiger partial charge on any atom is -0.445 e. The van der Waals surface area contributed by atoms with Crippen molar-refractivity contribution < 1.29 is 38.9 Å². The zero-order chi connectivity index (χ0) is 14.7. The zero-order valence-corrected chi connectivity index (χ0v) is 11.7. The van der Waals surface area contributed by atoms with Gasteiger partial charge in [0.1, 0.15) is 6.61 Å². The molecule has 0 unspecified atom stereocenters. The van der Waals surface area contributed by atoms with E-state index >= 15 is 0 Å². The number of amides is 1. The largest absolute Gasteiger partial charge is 0.445 e. The third-order valence-electron chi connectivity index (χ3n) is 0.343. The van der Waals surface area contributed by atoms with Crippen LogP contribution in [0.5, 0.6) is 0 Å². The number of hydrogen-bond acceptors (Lipinski definition) is 4. The first-order valence-electron chi connectivity index (χ1n) is 3.37. The van der Waals surface area contributed by atoms with Gasteiger partial charge in [-0.15, -0.1) is 0 Å². The molecule has 0 aliphatic carbocycles. The minimum absolute atomic E-state index is 0.190. The Kier molecular flexibility index (Phi) is 14.6. The van der Waals surface area contributed by atoms with E-state index in [-0.39, 0.29) is 6.61 Å². The maximum atomic E-state index is 9.71. The highest BCUT2D eigenvalue weighted by Crippen LogP contribution is 2.26. The average Bonchev–Trinajstić information content (AvgIpc) is 1.93. The Morgan fingerprint density at radius 1 is 1.18 bits per heavy atom. The Hall–Kier alpha value is 0.0700. The first kappa shape index (κ1) is 22.3. The molecule has 0 aromatic rings. The summed E-state index contributed by atoms with van der Waals surface area (Å²) in [5.41, 5.74) is 4.57. The summed E-state index contributed by atoms with van der Waals surface area (Å²) < 4.78 is 4.21.